The Kier molecular flexibility index (Phi) is 10.00. The maximum atomic E-state index is 13.2. The predicted octanol–water partition coefficient (Wildman–Crippen LogP) is 3.21. The van der Waals surface area contributed by atoms with Crippen LogP contribution < -0.4 is 21.9 Å². The molecular weight excluding hydrogens is 504 g/mol. The molecule has 2 aromatic heterocycles. The minimum Gasteiger partial charge on any atom is -0.464 e. The third-order valence-corrected chi connectivity index (χ3v) is 6.33. The number of nitrogens with two attached hydrogens (primary N) is 1. The van der Waals surface area contributed by atoms with E-state index in [0.717, 1.165) is 6.42 Å². The number of amidine groups is 1. The van der Waals surface area contributed by atoms with Crippen molar-refractivity contribution in [3.8, 4) is 0 Å². The Balaban J connectivity index is 1.84. The Labute approximate surface area is 225 Å². The van der Waals surface area contributed by atoms with Gasteiger partial charge in [0.15, 0.2) is 10.9 Å². The van der Waals surface area contributed by atoms with Crippen molar-refractivity contribution in [2.24, 2.45) is 5.73 Å². The van der Waals surface area contributed by atoms with Crippen molar-refractivity contribution in [2.75, 3.05) is 6.54 Å². The van der Waals surface area contributed by atoms with Crippen LogP contribution in [0, 0.1) is 5.41 Å². The van der Waals surface area contributed by atoms with Crippen molar-refractivity contribution in [1.29, 1.82) is 5.41 Å². The smallest absolute Gasteiger partial charge is 0.358 e. The summed E-state index contributed by atoms with van der Waals surface area (Å²) in [6.45, 7) is 7.77. The lowest BCUT2D eigenvalue weighted by Crippen LogP contribution is -2.36. The molecular formula is C28H36N4O7. The minimum atomic E-state index is -1.24. The summed E-state index contributed by atoms with van der Waals surface area (Å²) in [5.74, 6) is -1.17. The molecule has 39 heavy (non-hydrogen) atoms. The van der Waals surface area contributed by atoms with E-state index in [1.165, 1.54) is 31.4 Å². The third kappa shape index (κ3) is 6.91. The van der Waals surface area contributed by atoms with Gasteiger partial charge >= 0.3 is 11.9 Å². The van der Waals surface area contributed by atoms with Crippen LogP contribution in [0.3, 0.4) is 0 Å². The Morgan fingerprint density at radius 2 is 1.87 bits per heavy atom. The second kappa shape index (κ2) is 13.2. The van der Waals surface area contributed by atoms with Gasteiger partial charge in [-0.05, 0) is 45.6 Å². The summed E-state index contributed by atoms with van der Waals surface area (Å²) in [6, 6.07) is 3.10. The van der Waals surface area contributed by atoms with Crippen molar-refractivity contribution in [3.63, 3.8) is 0 Å². The average molecular weight is 541 g/mol. The number of aromatic nitrogens is 1. The van der Waals surface area contributed by atoms with E-state index in [9.17, 15) is 19.2 Å². The van der Waals surface area contributed by atoms with E-state index in [1.807, 2.05) is 13.8 Å². The summed E-state index contributed by atoms with van der Waals surface area (Å²) in [7, 11) is 0. The SMILES string of the molecule is CCCc1c2occc(=O)c2cc2c(=O)cc(C(=O)OC(C)OC(=O)[C@@H](N)CCCCNC(C)=N)n(CC)c12. The molecule has 0 saturated carbocycles. The summed E-state index contributed by atoms with van der Waals surface area (Å²) in [5.41, 5.74) is 6.76. The number of nitrogens with one attached hydrogen (secondary N) is 2. The Bertz CT molecular complexity index is 1490. The molecule has 11 nitrogen and oxygen atoms in total. The average Bonchev–Trinajstić information content (AvgIpc) is 2.88. The van der Waals surface area contributed by atoms with E-state index >= 15 is 0 Å². The fraction of sp³-hybridized carbons (Fsp3) is 0.464. The topological polar surface area (TPSA) is 167 Å². The van der Waals surface area contributed by atoms with Crippen molar-refractivity contribution in [1.82, 2.24) is 9.88 Å². The molecule has 0 bridgehead atoms. The number of pyridine rings is 1. The molecule has 2 atom stereocenters. The highest BCUT2D eigenvalue weighted by Gasteiger charge is 2.24. The first kappa shape index (κ1) is 29.6. The monoisotopic (exact) mass is 540 g/mol. The number of benzene rings is 1. The van der Waals surface area contributed by atoms with Crippen LogP contribution in [-0.4, -0.2) is 41.2 Å². The van der Waals surface area contributed by atoms with Crippen molar-refractivity contribution in [3.05, 3.63) is 56.2 Å². The van der Waals surface area contributed by atoms with Crippen LogP contribution in [0.1, 0.15) is 69.4 Å². The van der Waals surface area contributed by atoms with E-state index in [1.54, 1.807) is 11.5 Å². The number of hydrogen-bond donors (Lipinski definition) is 3. The quantitative estimate of drug-likeness (QED) is 0.0780. The Morgan fingerprint density at radius 3 is 2.54 bits per heavy atom. The highest BCUT2D eigenvalue weighted by Crippen LogP contribution is 2.28. The number of carbonyl (C=O) groups is 2. The number of hydrogen-bond acceptors (Lipinski definition) is 9. The van der Waals surface area contributed by atoms with Gasteiger partial charge in [0.2, 0.25) is 6.29 Å². The van der Waals surface area contributed by atoms with E-state index in [0.29, 0.717) is 72.0 Å². The van der Waals surface area contributed by atoms with Crippen molar-refractivity contribution >= 4 is 39.6 Å². The lowest BCUT2D eigenvalue weighted by molar-refractivity contribution is -0.167. The van der Waals surface area contributed by atoms with Gasteiger partial charge < -0.3 is 29.5 Å². The van der Waals surface area contributed by atoms with Crippen LogP contribution >= 0.6 is 0 Å². The first-order chi connectivity index (χ1) is 18.6. The van der Waals surface area contributed by atoms with E-state index < -0.39 is 29.7 Å². The molecule has 0 radical (unpaired) electrons. The van der Waals surface area contributed by atoms with Gasteiger partial charge in [0.05, 0.1) is 23.0 Å². The summed E-state index contributed by atoms with van der Waals surface area (Å²) >= 11 is 0. The second-order valence-electron chi connectivity index (χ2n) is 9.36. The standard InChI is InChI=1S/C28H36N4O7/c1-5-9-18-25-19(14-20-23(33)11-13-37-26(18)20)24(34)15-22(32(25)6-2)28(36)39-17(4)38-27(35)21(30)10-7-8-12-31-16(3)29/h11,13-15,17,21H,5-10,12,30H2,1-4H3,(H2,29,31)/t17?,21-/m0/s1. The Hall–Kier alpha value is -3.99. The number of esters is 2. The number of carbonyl (C=O) groups excluding carboxylic acids is 2. The summed E-state index contributed by atoms with van der Waals surface area (Å²) in [5, 5.41) is 10.8. The van der Waals surface area contributed by atoms with Crippen molar-refractivity contribution in [2.45, 2.75) is 78.7 Å². The van der Waals surface area contributed by atoms with Gasteiger partial charge in [0.25, 0.3) is 0 Å². The normalized spacial score (nSPS) is 12.7. The molecule has 0 aliphatic heterocycles. The summed E-state index contributed by atoms with van der Waals surface area (Å²) in [4.78, 5) is 51.2. The molecule has 0 saturated heterocycles. The van der Waals surface area contributed by atoms with Gasteiger partial charge in [0.1, 0.15) is 17.3 Å². The number of fused-ring (bicyclic) bond motifs is 2. The minimum absolute atomic E-state index is 0.00818. The van der Waals surface area contributed by atoms with Crippen LogP contribution in [0.25, 0.3) is 21.9 Å². The molecule has 0 spiro atoms. The molecule has 3 aromatic rings. The molecule has 210 valence electrons. The maximum Gasteiger partial charge on any atom is 0.358 e. The van der Waals surface area contributed by atoms with Gasteiger partial charge in [-0.15, -0.1) is 0 Å². The lowest BCUT2D eigenvalue weighted by atomic mass is 10.00. The molecule has 3 rings (SSSR count). The zero-order chi connectivity index (χ0) is 28.7. The summed E-state index contributed by atoms with van der Waals surface area (Å²) < 4.78 is 18.0. The maximum absolute atomic E-state index is 13.2. The van der Waals surface area contributed by atoms with Gasteiger partial charge in [-0.2, -0.15) is 0 Å². The largest absolute Gasteiger partial charge is 0.464 e. The second-order valence-corrected chi connectivity index (χ2v) is 9.36. The third-order valence-electron chi connectivity index (χ3n) is 6.33. The van der Waals surface area contributed by atoms with Gasteiger partial charge in [0, 0.05) is 43.1 Å². The fourth-order valence-corrected chi connectivity index (χ4v) is 4.53. The number of unbranched alkanes of at least 4 members (excludes halogenated alkanes) is 1. The molecule has 4 N–H and O–H groups in total. The molecule has 0 fully saturated rings. The number of aryl methyl sites for hydroxylation is 2. The van der Waals surface area contributed by atoms with E-state index in [2.05, 4.69) is 5.32 Å². The van der Waals surface area contributed by atoms with Gasteiger partial charge in [-0.25, -0.2) is 4.79 Å². The molecule has 11 heteroatoms. The highest BCUT2D eigenvalue weighted by atomic mass is 16.7. The van der Waals surface area contributed by atoms with E-state index in [-0.39, 0.29) is 11.1 Å². The van der Waals surface area contributed by atoms with Crippen LogP contribution in [0.5, 0.6) is 0 Å². The molecule has 2 heterocycles. The number of ether oxygens (including phenoxy) is 2. The first-order valence-corrected chi connectivity index (χ1v) is 13.2. The number of nitrogens with zero attached hydrogens (tertiary/aromatic N) is 1. The fourth-order valence-electron chi connectivity index (χ4n) is 4.53. The molecule has 0 amide bonds. The molecule has 0 aliphatic rings. The molecule has 0 aliphatic carbocycles. The zero-order valence-corrected chi connectivity index (χ0v) is 22.8. The molecule has 1 unspecified atom stereocenters. The molecule has 1 aromatic carbocycles. The van der Waals surface area contributed by atoms with Crippen LogP contribution in [0.15, 0.2) is 38.5 Å². The summed E-state index contributed by atoms with van der Waals surface area (Å²) in [6.07, 6.45) is 3.07. The Morgan fingerprint density at radius 1 is 1.13 bits per heavy atom. The predicted molar refractivity (Wildman–Crippen MR) is 148 cm³/mol. The number of rotatable bonds is 12. The first-order valence-electron chi connectivity index (χ1n) is 13.2. The zero-order valence-electron chi connectivity index (χ0n) is 22.8. The highest BCUT2D eigenvalue weighted by molar-refractivity contribution is 6.00. The van der Waals surface area contributed by atoms with Gasteiger partial charge in [-0.1, -0.05) is 13.3 Å². The lowest BCUT2D eigenvalue weighted by Gasteiger charge is -2.20. The van der Waals surface area contributed by atoms with Crippen LogP contribution in [-0.2, 0) is 27.2 Å². The van der Waals surface area contributed by atoms with E-state index in [4.69, 9.17) is 25.0 Å². The van der Waals surface area contributed by atoms with Crippen molar-refractivity contribution < 1.29 is 23.5 Å². The van der Waals surface area contributed by atoms with Crippen LogP contribution in [0.4, 0.5) is 0 Å². The van der Waals surface area contributed by atoms with Gasteiger partial charge in [-0.3, -0.25) is 19.8 Å². The van der Waals surface area contributed by atoms with Crippen LogP contribution in [0.2, 0.25) is 0 Å².